The van der Waals surface area contributed by atoms with Crippen molar-refractivity contribution in [1.82, 2.24) is 9.88 Å². The summed E-state index contributed by atoms with van der Waals surface area (Å²) in [5.74, 6) is -0.845. The summed E-state index contributed by atoms with van der Waals surface area (Å²) >= 11 is 0. The lowest BCUT2D eigenvalue weighted by Gasteiger charge is -2.11. The zero-order chi connectivity index (χ0) is 18.4. The van der Waals surface area contributed by atoms with Crippen LogP contribution in [0.4, 0.5) is 0 Å². The standard InChI is InChI=1S/C20H18N2O4/c23-18-10-11-22(17-9-5-4-8-16(17)18)13-19(24)21-12-20(25)26-14-15-6-2-1-3-7-15/h1-11H,12-14H2,(H,21,24). The Labute approximate surface area is 150 Å². The lowest BCUT2D eigenvalue weighted by molar-refractivity contribution is -0.145. The van der Waals surface area contributed by atoms with Gasteiger partial charge in [-0.1, -0.05) is 42.5 Å². The van der Waals surface area contributed by atoms with Crippen LogP contribution in [0.1, 0.15) is 5.56 Å². The number of benzene rings is 2. The molecule has 0 unspecified atom stereocenters. The maximum atomic E-state index is 12.1. The van der Waals surface area contributed by atoms with Crippen LogP contribution in [0, 0.1) is 0 Å². The van der Waals surface area contributed by atoms with E-state index in [2.05, 4.69) is 5.32 Å². The summed E-state index contributed by atoms with van der Waals surface area (Å²) in [6, 6.07) is 17.8. The Morgan fingerprint density at radius 3 is 2.50 bits per heavy atom. The number of fused-ring (bicyclic) bond motifs is 1. The van der Waals surface area contributed by atoms with Crippen molar-refractivity contribution in [3.63, 3.8) is 0 Å². The highest BCUT2D eigenvalue weighted by Gasteiger charge is 2.09. The van der Waals surface area contributed by atoms with Gasteiger partial charge in [0.05, 0.1) is 5.52 Å². The first-order valence-electron chi connectivity index (χ1n) is 8.18. The second kappa shape index (κ2) is 8.11. The molecule has 0 fully saturated rings. The lowest BCUT2D eigenvalue weighted by Crippen LogP contribution is -2.33. The van der Waals surface area contributed by atoms with E-state index in [9.17, 15) is 14.4 Å². The molecule has 1 aromatic heterocycles. The van der Waals surface area contributed by atoms with E-state index in [0.29, 0.717) is 10.9 Å². The van der Waals surface area contributed by atoms with Gasteiger partial charge in [-0.2, -0.15) is 0 Å². The molecule has 0 aliphatic rings. The van der Waals surface area contributed by atoms with E-state index in [0.717, 1.165) is 5.56 Å². The molecule has 3 aromatic rings. The predicted molar refractivity (Wildman–Crippen MR) is 97.5 cm³/mol. The van der Waals surface area contributed by atoms with Crippen LogP contribution in [-0.2, 0) is 27.5 Å². The largest absolute Gasteiger partial charge is 0.460 e. The number of hydrogen-bond donors (Lipinski definition) is 1. The minimum atomic E-state index is -0.507. The zero-order valence-electron chi connectivity index (χ0n) is 14.1. The monoisotopic (exact) mass is 350 g/mol. The summed E-state index contributed by atoms with van der Waals surface area (Å²) in [5, 5.41) is 3.08. The Hall–Kier alpha value is -3.41. The minimum absolute atomic E-state index is 0.00670. The fraction of sp³-hybridized carbons (Fsp3) is 0.150. The van der Waals surface area contributed by atoms with E-state index in [1.165, 1.54) is 6.07 Å². The number of nitrogens with zero attached hydrogens (tertiary/aromatic N) is 1. The first kappa shape index (κ1) is 17.4. The van der Waals surface area contributed by atoms with Crippen LogP contribution in [0.3, 0.4) is 0 Å². The van der Waals surface area contributed by atoms with E-state index >= 15 is 0 Å². The SMILES string of the molecule is O=C(Cn1ccc(=O)c2ccccc21)NCC(=O)OCc1ccccc1. The molecular formula is C20H18N2O4. The van der Waals surface area contributed by atoms with Gasteiger partial charge in [0.1, 0.15) is 19.7 Å². The van der Waals surface area contributed by atoms with Gasteiger partial charge in [0.15, 0.2) is 5.43 Å². The van der Waals surface area contributed by atoms with Crippen molar-refractivity contribution in [3.8, 4) is 0 Å². The molecule has 1 heterocycles. The molecule has 1 N–H and O–H groups in total. The Kier molecular flexibility index (Phi) is 5.43. The summed E-state index contributed by atoms with van der Waals surface area (Å²) in [6.45, 7) is -0.0313. The zero-order valence-corrected chi connectivity index (χ0v) is 14.1. The molecule has 0 atom stereocenters. The van der Waals surface area contributed by atoms with Crippen molar-refractivity contribution in [1.29, 1.82) is 0 Å². The van der Waals surface area contributed by atoms with Crippen molar-refractivity contribution in [2.75, 3.05) is 6.54 Å². The summed E-state index contributed by atoms with van der Waals surface area (Å²) in [6.07, 6.45) is 1.57. The van der Waals surface area contributed by atoms with E-state index in [-0.39, 0.29) is 31.0 Å². The number of esters is 1. The van der Waals surface area contributed by atoms with Crippen molar-refractivity contribution in [2.24, 2.45) is 0 Å². The minimum Gasteiger partial charge on any atom is -0.460 e. The van der Waals surface area contributed by atoms with Crippen LogP contribution in [0.2, 0.25) is 0 Å². The topological polar surface area (TPSA) is 77.4 Å². The maximum absolute atomic E-state index is 12.1. The molecule has 0 aliphatic heterocycles. The van der Waals surface area contributed by atoms with Crippen LogP contribution in [-0.4, -0.2) is 23.0 Å². The quantitative estimate of drug-likeness (QED) is 0.689. The molecule has 0 radical (unpaired) electrons. The number of hydrogen-bond acceptors (Lipinski definition) is 4. The van der Waals surface area contributed by atoms with Gasteiger partial charge in [-0.25, -0.2) is 0 Å². The van der Waals surface area contributed by atoms with Gasteiger partial charge < -0.3 is 14.6 Å². The Balaban J connectivity index is 1.54. The Morgan fingerprint density at radius 2 is 1.69 bits per heavy atom. The van der Waals surface area contributed by atoms with E-state index in [4.69, 9.17) is 4.74 Å². The normalized spacial score (nSPS) is 10.5. The third kappa shape index (κ3) is 4.36. The number of carbonyl (C=O) groups excluding carboxylic acids is 2. The third-order valence-electron chi connectivity index (χ3n) is 3.87. The summed E-state index contributed by atoms with van der Waals surface area (Å²) < 4.78 is 6.78. The van der Waals surface area contributed by atoms with Crippen molar-refractivity contribution in [3.05, 3.63) is 82.6 Å². The number of ether oxygens (including phenoxy) is 1. The number of amides is 1. The highest BCUT2D eigenvalue weighted by Crippen LogP contribution is 2.09. The molecule has 0 saturated carbocycles. The highest BCUT2D eigenvalue weighted by molar-refractivity contribution is 5.84. The molecule has 0 aliphatic carbocycles. The second-order valence-electron chi connectivity index (χ2n) is 5.75. The van der Waals surface area contributed by atoms with Crippen LogP contribution in [0.5, 0.6) is 0 Å². The van der Waals surface area contributed by atoms with Gasteiger partial charge in [0.25, 0.3) is 0 Å². The molecule has 6 heteroatoms. The van der Waals surface area contributed by atoms with Gasteiger partial charge in [-0.3, -0.25) is 14.4 Å². The van der Waals surface area contributed by atoms with Gasteiger partial charge >= 0.3 is 5.97 Å². The average molecular weight is 350 g/mol. The van der Waals surface area contributed by atoms with Gasteiger partial charge in [-0.05, 0) is 17.7 Å². The van der Waals surface area contributed by atoms with Crippen LogP contribution in [0.15, 0.2) is 71.7 Å². The molecule has 6 nitrogen and oxygen atoms in total. The van der Waals surface area contributed by atoms with E-state index in [1.807, 2.05) is 30.3 Å². The average Bonchev–Trinajstić information content (AvgIpc) is 2.68. The molecule has 132 valence electrons. The first-order valence-corrected chi connectivity index (χ1v) is 8.18. The number of carbonyl (C=O) groups is 2. The van der Waals surface area contributed by atoms with Gasteiger partial charge in [0.2, 0.25) is 5.91 Å². The first-order chi connectivity index (χ1) is 12.6. The summed E-state index contributed by atoms with van der Waals surface area (Å²) in [5.41, 5.74) is 1.45. The van der Waals surface area contributed by atoms with E-state index in [1.54, 1.807) is 35.0 Å². The Morgan fingerprint density at radius 1 is 0.962 bits per heavy atom. The molecule has 0 spiro atoms. The second-order valence-corrected chi connectivity index (χ2v) is 5.75. The van der Waals surface area contributed by atoms with Gasteiger partial charge in [-0.15, -0.1) is 0 Å². The fourth-order valence-electron chi connectivity index (χ4n) is 2.57. The molecular weight excluding hydrogens is 332 g/mol. The van der Waals surface area contributed by atoms with Crippen molar-refractivity contribution >= 4 is 22.8 Å². The maximum Gasteiger partial charge on any atom is 0.325 e. The fourth-order valence-corrected chi connectivity index (χ4v) is 2.57. The van der Waals surface area contributed by atoms with Crippen molar-refractivity contribution in [2.45, 2.75) is 13.2 Å². The number of aromatic nitrogens is 1. The number of para-hydroxylation sites is 1. The summed E-state index contributed by atoms with van der Waals surface area (Å²) in [4.78, 5) is 35.7. The summed E-state index contributed by atoms with van der Waals surface area (Å²) in [7, 11) is 0. The molecule has 0 bridgehead atoms. The molecule has 26 heavy (non-hydrogen) atoms. The molecule has 1 amide bonds. The molecule has 2 aromatic carbocycles. The van der Waals surface area contributed by atoms with Gasteiger partial charge in [0, 0.05) is 17.6 Å². The van der Waals surface area contributed by atoms with Crippen molar-refractivity contribution < 1.29 is 14.3 Å². The smallest absolute Gasteiger partial charge is 0.325 e. The van der Waals surface area contributed by atoms with E-state index < -0.39 is 5.97 Å². The van der Waals surface area contributed by atoms with Crippen LogP contribution in [0.25, 0.3) is 10.9 Å². The molecule has 3 rings (SSSR count). The Bertz CT molecular complexity index is 980. The third-order valence-corrected chi connectivity index (χ3v) is 3.87. The van der Waals surface area contributed by atoms with Crippen LogP contribution >= 0.6 is 0 Å². The predicted octanol–water partition coefficient (Wildman–Crippen LogP) is 1.86. The number of rotatable bonds is 6. The molecule has 0 saturated heterocycles. The van der Waals surface area contributed by atoms with Crippen LogP contribution < -0.4 is 10.7 Å². The number of nitrogens with one attached hydrogen (secondary N) is 1. The lowest BCUT2D eigenvalue weighted by atomic mass is 10.2. The number of pyridine rings is 1. The highest BCUT2D eigenvalue weighted by atomic mass is 16.5.